The Morgan fingerprint density at radius 1 is 1.26 bits per heavy atom. The summed E-state index contributed by atoms with van der Waals surface area (Å²) < 4.78 is 17.1. The summed E-state index contributed by atoms with van der Waals surface area (Å²) in [7, 11) is 0. The van der Waals surface area contributed by atoms with Crippen molar-refractivity contribution in [1.29, 1.82) is 5.41 Å². The van der Waals surface area contributed by atoms with E-state index in [4.69, 9.17) is 25.4 Å². The Morgan fingerprint density at radius 2 is 2.00 bits per heavy atom. The smallest absolute Gasteiger partial charge is 0.243 e. The molecule has 2 fully saturated rings. The van der Waals surface area contributed by atoms with Gasteiger partial charge in [-0.25, -0.2) is 0 Å². The number of benzene rings is 1. The van der Waals surface area contributed by atoms with E-state index in [0.29, 0.717) is 31.8 Å². The fraction of sp³-hybridized carbons (Fsp3) is 0.462. The maximum atomic E-state index is 13.3. The highest BCUT2D eigenvalue weighted by Crippen LogP contribution is 2.35. The average Bonchev–Trinajstić information content (AvgIpc) is 3.66. The van der Waals surface area contributed by atoms with Gasteiger partial charge in [-0.05, 0) is 31.5 Å². The quantitative estimate of drug-likeness (QED) is 0.190. The van der Waals surface area contributed by atoms with Crippen molar-refractivity contribution >= 4 is 34.9 Å². The monoisotopic (exact) mass is 543 g/mol. The number of amidine groups is 1. The zero-order valence-electron chi connectivity index (χ0n) is 21.2. The lowest BCUT2D eigenvalue weighted by atomic mass is 10.1. The predicted octanol–water partition coefficient (Wildman–Crippen LogP) is 1.53. The minimum atomic E-state index is -1.02. The molecule has 1 unspecified atom stereocenters. The third-order valence-corrected chi connectivity index (χ3v) is 7.56. The van der Waals surface area contributed by atoms with Gasteiger partial charge in [0, 0.05) is 28.7 Å². The van der Waals surface area contributed by atoms with Crippen LogP contribution in [0.1, 0.15) is 42.7 Å². The van der Waals surface area contributed by atoms with Crippen LogP contribution in [-0.4, -0.2) is 73.2 Å². The fourth-order valence-electron chi connectivity index (χ4n) is 4.45. The normalized spacial score (nSPS) is 18.8. The molecule has 1 spiro atoms. The molecule has 0 bridgehead atoms. The molecule has 0 saturated carbocycles. The van der Waals surface area contributed by atoms with E-state index >= 15 is 0 Å². The van der Waals surface area contributed by atoms with E-state index in [0.717, 1.165) is 10.6 Å². The van der Waals surface area contributed by atoms with Crippen molar-refractivity contribution in [3.8, 4) is 5.75 Å². The SMILES string of the molecule is C[C@@H](NC(=O)C1CC2(CN1C(=O)CNC(=O)CCCOc1ccccc1)OCCO2)c1cc(C(=N)N)cs1. The second kappa shape index (κ2) is 12.4. The van der Waals surface area contributed by atoms with E-state index < -0.39 is 17.7 Å². The largest absolute Gasteiger partial charge is 0.494 e. The first-order valence-corrected chi connectivity index (χ1v) is 13.4. The third kappa shape index (κ3) is 6.88. The van der Waals surface area contributed by atoms with Gasteiger partial charge in [-0.3, -0.25) is 19.8 Å². The molecule has 0 radical (unpaired) electrons. The van der Waals surface area contributed by atoms with Crippen molar-refractivity contribution in [1.82, 2.24) is 15.5 Å². The highest BCUT2D eigenvalue weighted by molar-refractivity contribution is 7.10. The molecule has 3 heterocycles. The lowest BCUT2D eigenvalue weighted by Crippen LogP contribution is -2.49. The molecule has 1 aromatic carbocycles. The van der Waals surface area contributed by atoms with Gasteiger partial charge in [0.05, 0.1) is 39.0 Å². The van der Waals surface area contributed by atoms with Crippen molar-refractivity contribution in [2.75, 3.05) is 32.9 Å². The Hall–Kier alpha value is -3.48. The Balaban J connectivity index is 1.30. The number of nitrogen functional groups attached to an aromatic ring is 1. The van der Waals surface area contributed by atoms with E-state index in [-0.39, 0.29) is 49.6 Å². The van der Waals surface area contributed by atoms with Crippen molar-refractivity contribution < 1.29 is 28.6 Å². The van der Waals surface area contributed by atoms with Crippen molar-refractivity contribution in [2.24, 2.45) is 5.73 Å². The molecule has 3 amide bonds. The van der Waals surface area contributed by atoms with E-state index in [1.807, 2.05) is 37.3 Å². The van der Waals surface area contributed by atoms with Gasteiger partial charge in [0.25, 0.3) is 0 Å². The summed E-state index contributed by atoms with van der Waals surface area (Å²) in [6, 6.07) is 9.93. The average molecular weight is 544 g/mol. The van der Waals surface area contributed by atoms with Gasteiger partial charge in [0.1, 0.15) is 17.6 Å². The van der Waals surface area contributed by atoms with Crippen LogP contribution in [0.2, 0.25) is 0 Å². The van der Waals surface area contributed by atoms with Crippen molar-refractivity contribution in [2.45, 2.75) is 44.1 Å². The number of carbonyl (C=O) groups excluding carboxylic acids is 3. The van der Waals surface area contributed by atoms with E-state index in [1.54, 1.807) is 11.4 Å². The maximum Gasteiger partial charge on any atom is 0.243 e. The summed E-state index contributed by atoms with van der Waals surface area (Å²) in [5.41, 5.74) is 6.14. The van der Waals surface area contributed by atoms with Crippen LogP contribution in [0, 0.1) is 5.41 Å². The zero-order chi connectivity index (χ0) is 27.1. The van der Waals surface area contributed by atoms with E-state index in [2.05, 4.69) is 10.6 Å². The number of hydrogen-bond acceptors (Lipinski definition) is 8. The first kappa shape index (κ1) is 27.6. The molecule has 204 valence electrons. The van der Waals surface area contributed by atoms with Crippen LogP contribution in [0.25, 0.3) is 0 Å². The van der Waals surface area contributed by atoms with Crippen LogP contribution in [0.3, 0.4) is 0 Å². The number of thiophene rings is 1. The predicted molar refractivity (Wildman–Crippen MR) is 141 cm³/mol. The summed E-state index contributed by atoms with van der Waals surface area (Å²) in [5.74, 6) is -1.33. The third-order valence-electron chi connectivity index (χ3n) is 6.44. The standard InChI is InChI=1S/C26H33N5O6S/c1-17(21-12-18(15-38-21)24(27)28)30-25(34)20-13-26(36-10-11-37-26)16-31(20)23(33)14-29-22(32)8-5-9-35-19-6-3-2-4-7-19/h2-4,6-7,12,15,17,20H,5,8-11,13-14,16H2,1H3,(H3,27,28)(H,29,32)(H,30,34)/t17-,20?/m1/s1. The van der Waals surface area contributed by atoms with Gasteiger partial charge in [-0.15, -0.1) is 11.3 Å². The number of para-hydroxylation sites is 1. The molecule has 38 heavy (non-hydrogen) atoms. The Bertz CT molecular complexity index is 1150. The highest BCUT2D eigenvalue weighted by Gasteiger charge is 2.52. The van der Waals surface area contributed by atoms with Crippen LogP contribution >= 0.6 is 11.3 Å². The summed E-state index contributed by atoms with van der Waals surface area (Å²) >= 11 is 1.39. The summed E-state index contributed by atoms with van der Waals surface area (Å²) in [5, 5.41) is 14.9. The Labute approximate surface area is 225 Å². The molecule has 2 aliphatic heterocycles. The van der Waals surface area contributed by atoms with E-state index in [1.165, 1.54) is 16.2 Å². The molecule has 2 atom stereocenters. The molecular formula is C26H33N5O6S. The fourth-order valence-corrected chi connectivity index (χ4v) is 5.36. The highest BCUT2D eigenvalue weighted by atomic mass is 32.1. The van der Waals surface area contributed by atoms with Crippen LogP contribution in [0.4, 0.5) is 0 Å². The van der Waals surface area contributed by atoms with Gasteiger partial charge < -0.3 is 35.5 Å². The molecule has 2 aromatic rings. The first-order valence-electron chi connectivity index (χ1n) is 12.5. The molecule has 11 nitrogen and oxygen atoms in total. The summed E-state index contributed by atoms with van der Waals surface area (Å²) in [4.78, 5) is 40.9. The number of rotatable bonds is 11. The number of nitrogens with one attached hydrogen (secondary N) is 3. The molecule has 2 saturated heterocycles. The van der Waals surface area contributed by atoms with Gasteiger partial charge in [0.2, 0.25) is 17.7 Å². The van der Waals surface area contributed by atoms with Crippen LogP contribution in [-0.2, 0) is 23.9 Å². The summed E-state index contributed by atoms with van der Waals surface area (Å²) in [6.45, 7) is 2.85. The lowest BCUT2D eigenvalue weighted by molar-refractivity contribution is -0.152. The van der Waals surface area contributed by atoms with Crippen LogP contribution in [0.5, 0.6) is 5.75 Å². The minimum absolute atomic E-state index is 0.0400. The van der Waals surface area contributed by atoms with Crippen LogP contribution < -0.4 is 21.1 Å². The Morgan fingerprint density at radius 3 is 2.68 bits per heavy atom. The second-order valence-corrected chi connectivity index (χ2v) is 10.2. The minimum Gasteiger partial charge on any atom is -0.494 e. The molecule has 2 aliphatic rings. The molecule has 0 aliphatic carbocycles. The zero-order valence-corrected chi connectivity index (χ0v) is 22.1. The lowest BCUT2D eigenvalue weighted by Gasteiger charge is -2.25. The van der Waals surface area contributed by atoms with Crippen molar-refractivity contribution in [3.63, 3.8) is 0 Å². The van der Waals surface area contributed by atoms with Gasteiger partial charge in [0.15, 0.2) is 5.79 Å². The molecule has 4 rings (SSSR count). The number of nitrogens with two attached hydrogens (primary N) is 1. The Kier molecular flexibility index (Phi) is 8.97. The van der Waals surface area contributed by atoms with Gasteiger partial charge in [-0.1, -0.05) is 18.2 Å². The molecule has 12 heteroatoms. The number of likely N-dealkylation sites (tertiary alicyclic amines) is 1. The van der Waals surface area contributed by atoms with E-state index in [9.17, 15) is 14.4 Å². The number of hydrogen-bond donors (Lipinski definition) is 4. The first-order chi connectivity index (χ1) is 18.3. The number of carbonyl (C=O) groups is 3. The topological polar surface area (TPSA) is 156 Å². The van der Waals surface area contributed by atoms with Crippen molar-refractivity contribution in [3.05, 3.63) is 52.2 Å². The van der Waals surface area contributed by atoms with Crippen LogP contribution in [0.15, 0.2) is 41.8 Å². The number of ether oxygens (including phenoxy) is 3. The number of amides is 3. The second-order valence-electron chi connectivity index (χ2n) is 9.27. The maximum absolute atomic E-state index is 13.3. The van der Waals surface area contributed by atoms with Gasteiger partial charge in [-0.2, -0.15) is 0 Å². The number of nitrogens with zero attached hydrogens (tertiary/aromatic N) is 1. The molecule has 1 aromatic heterocycles. The molecule has 5 N–H and O–H groups in total. The van der Waals surface area contributed by atoms with Gasteiger partial charge >= 0.3 is 0 Å². The summed E-state index contributed by atoms with van der Waals surface area (Å²) in [6.07, 6.45) is 0.909. The molecular weight excluding hydrogens is 510 g/mol.